The van der Waals surface area contributed by atoms with Crippen molar-refractivity contribution in [1.29, 1.82) is 0 Å². The lowest BCUT2D eigenvalue weighted by Crippen LogP contribution is -2.15. The monoisotopic (exact) mass is 333 g/mol. The third-order valence-electron chi connectivity index (χ3n) is 3.72. The van der Waals surface area contributed by atoms with Crippen LogP contribution in [0.1, 0.15) is 18.2 Å². The van der Waals surface area contributed by atoms with Gasteiger partial charge in [-0.25, -0.2) is 12.4 Å². The summed E-state index contributed by atoms with van der Waals surface area (Å²) in [5.41, 5.74) is 2.39. The highest BCUT2D eigenvalue weighted by molar-refractivity contribution is 7.90. The summed E-state index contributed by atoms with van der Waals surface area (Å²) < 4.78 is 27.5. The van der Waals surface area contributed by atoms with Crippen LogP contribution in [0.2, 0.25) is 5.02 Å². The van der Waals surface area contributed by atoms with Crippen LogP contribution in [0.3, 0.4) is 0 Å². The van der Waals surface area contributed by atoms with E-state index in [1.165, 1.54) is 3.97 Å². The Balaban J connectivity index is 2.32. The maximum absolute atomic E-state index is 13.0. The molecular formula is C17H16ClNO2S. The molecule has 3 aromatic rings. The van der Waals surface area contributed by atoms with Crippen LogP contribution in [-0.2, 0) is 16.4 Å². The minimum Gasteiger partial charge on any atom is -0.238 e. The highest BCUT2D eigenvalue weighted by Gasteiger charge is 2.22. The highest BCUT2D eigenvalue weighted by Crippen LogP contribution is 2.28. The van der Waals surface area contributed by atoms with Crippen molar-refractivity contribution in [2.24, 2.45) is 0 Å². The smallest absolute Gasteiger partial charge is 0.238 e. The first-order valence-corrected chi connectivity index (χ1v) is 8.87. The van der Waals surface area contributed by atoms with Crippen LogP contribution in [0.15, 0.2) is 53.4 Å². The van der Waals surface area contributed by atoms with Crippen molar-refractivity contribution >= 4 is 32.5 Å². The average molecular weight is 334 g/mol. The number of hydrogen-bond donors (Lipinski definition) is 0. The topological polar surface area (TPSA) is 39.1 Å². The zero-order valence-electron chi connectivity index (χ0n) is 12.4. The van der Waals surface area contributed by atoms with Crippen molar-refractivity contribution in [2.45, 2.75) is 25.2 Å². The fraction of sp³-hybridized carbons (Fsp3) is 0.176. The number of fused-ring (bicyclic) bond motifs is 1. The molecule has 1 aromatic heterocycles. The molecule has 0 bridgehead atoms. The Labute approximate surface area is 135 Å². The van der Waals surface area contributed by atoms with Gasteiger partial charge in [0, 0.05) is 16.1 Å². The molecule has 0 fully saturated rings. The molecule has 3 nitrogen and oxygen atoms in total. The average Bonchev–Trinajstić information content (AvgIpc) is 2.86. The number of aryl methyl sites for hydroxylation is 2. The van der Waals surface area contributed by atoms with E-state index in [1.807, 2.05) is 26.0 Å². The first kappa shape index (κ1) is 15.1. The number of hydrogen-bond acceptors (Lipinski definition) is 2. The molecule has 114 valence electrons. The standard InChI is InChI=1S/C17H16ClNO2S/c1-3-15-10-13-6-7-14(18)11-17(13)19(15)22(20,21)16-8-4-12(2)5-9-16/h4-11H,3H2,1-2H3. The van der Waals surface area contributed by atoms with Gasteiger partial charge >= 0.3 is 0 Å². The van der Waals surface area contributed by atoms with Crippen LogP contribution in [0, 0.1) is 6.92 Å². The number of rotatable bonds is 3. The van der Waals surface area contributed by atoms with Crippen LogP contribution >= 0.6 is 11.6 Å². The van der Waals surface area contributed by atoms with E-state index in [0.29, 0.717) is 17.0 Å². The summed E-state index contributed by atoms with van der Waals surface area (Å²) >= 11 is 6.05. The minimum absolute atomic E-state index is 0.283. The van der Waals surface area contributed by atoms with Crippen molar-refractivity contribution in [1.82, 2.24) is 3.97 Å². The molecule has 0 saturated carbocycles. The minimum atomic E-state index is -3.64. The Hall–Kier alpha value is -1.78. The summed E-state index contributed by atoms with van der Waals surface area (Å²) in [6.07, 6.45) is 0.622. The van der Waals surface area contributed by atoms with E-state index in [4.69, 9.17) is 11.6 Å². The molecule has 1 heterocycles. The van der Waals surface area contributed by atoms with Crippen LogP contribution < -0.4 is 0 Å². The molecular weight excluding hydrogens is 318 g/mol. The number of benzene rings is 2. The van der Waals surface area contributed by atoms with Gasteiger partial charge in [-0.15, -0.1) is 0 Å². The molecule has 0 atom stereocenters. The fourth-order valence-corrected chi connectivity index (χ4v) is 4.32. The van der Waals surface area contributed by atoms with Crippen LogP contribution in [-0.4, -0.2) is 12.4 Å². The van der Waals surface area contributed by atoms with Gasteiger partial charge in [-0.3, -0.25) is 0 Å². The Morgan fingerprint density at radius 2 is 1.73 bits per heavy atom. The van der Waals surface area contributed by atoms with Crippen molar-refractivity contribution in [3.05, 3.63) is 64.8 Å². The number of nitrogens with zero attached hydrogens (tertiary/aromatic N) is 1. The lowest BCUT2D eigenvalue weighted by molar-refractivity contribution is 0.587. The molecule has 0 spiro atoms. The second-order valence-electron chi connectivity index (χ2n) is 5.27. The summed E-state index contributed by atoms with van der Waals surface area (Å²) in [6, 6.07) is 14.1. The Morgan fingerprint density at radius 3 is 2.36 bits per heavy atom. The molecule has 0 aliphatic heterocycles. The predicted molar refractivity (Wildman–Crippen MR) is 90.1 cm³/mol. The van der Waals surface area contributed by atoms with Crippen molar-refractivity contribution in [3.63, 3.8) is 0 Å². The van der Waals surface area contributed by atoms with Crippen LogP contribution in [0.25, 0.3) is 10.9 Å². The molecule has 2 aromatic carbocycles. The van der Waals surface area contributed by atoms with Crippen LogP contribution in [0.5, 0.6) is 0 Å². The maximum Gasteiger partial charge on any atom is 0.268 e. The van der Waals surface area contributed by atoms with E-state index in [-0.39, 0.29) is 4.90 Å². The van der Waals surface area contributed by atoms with Crippen molar-refractivity contribution in [3.8, 4) is 0 Å². The lowest BCUT2D eigenvalue weighted by atomic mass is 10.2. The van der Waals surface area contributed by atoms with Gasteiger partial charge in [-0.1, -0.05) is 42.3 Å². The van der Waals surface area contributed by atoms with Gasteiger partial charge in [-0.05, 0) is 43.7 Å². The Morgan fingerprint density at radius 1 is 1.05 bits per heavy atom. The molecule has 0 amide bonds. The van der Waals surface area contributed by atoms with Gasteiger partial charge in [0.1, 0.15) is 0 Å². The summed E-state index contributed by atoms with van der Waals surface area (Å²) in [6.45, 7) is 3.87. The Kier molecular flexibility index (Phi) is 3.75. The summed E-state index contributed by atoms with van der Waals surface area (Å²) in [4.78, 5) is 0.283. The third kappa shape index (κ3) is 2.42. The maximum atomic E-state index is 13.0. The molecule has 0 aliphatic rings. The van der Waals surface area contributed by atoms with E-state index in [2.05, 4.69) is 0 Å². The third-order valence-corrected chi connectivity index (χ3v) is 5.73. The highest BCUT2D eigenvalue weighted by atomic mass is 35.5. The van der Waals surface area contributed by atoms with E-state index in [9.17, 15) is 8.42 Å². The lowest BCUT2D eigenvalue weighted by Gasteiger charge is -2.11. The second-order valence-corrected chi connectivity index (χ2v) is 7.50. The van der Waals surface area contributed by atoms with E-state index < -0.39 is 10.0 Å². The predicted octanol–water partition coefficient (Wildman–Crippen LogP) is 4.40. The van der Waals surface area contributed by atoms with E-state index in [0.717, 1.165) is 16.6 Å². The first-order chi connectivity index (χ1) is 10.4. The molecule has 0 saturated heterocycles. The molecule has 22 heavy (non-hydrogen) atoms. The first-order valence-electron chi connectivity index (χ1n) is 7.05. The molecule has 0 N–H and O–H groups in total. The quantitative estimate of drug-likeness (QED) is 0.712. The van der Waals surface area contributed by atoms with Gasteiger partial charge in [-0.2, -0.15) is 0 Å². The Bertz CT molecular complexity index is 941. The fourth-order valence-electron chi connectivity index (χ4n) is 2.55. The van der Waals surface area contributed by atoms with E-state index in [1.54, 1.807) is 36.4 Å². The molecule has 0 unspecified atom stereocenters. The van der Waals surface area contributed by atoms with Crippen molar-refractivity contribution in [2.75, 3.05) is 0 Å². The molecule has 0 aliphatic carbocycles. The van der Waals surface area contributed by atoms with Crippen LogP contribution in [0.4, 0.5) is 0 Å². The molecule has 5 heteroatoms. The van der Waals surface area contributed by atoms with Gasteiger partial charge in [0.2, 0.25) is 0 Å². The number of aromatic nitrogens is 1. The van der Waals surface area contributed by atoms with Gasteiger partial charge < -0.3 is 0 Å². The van der Waals surface area contributed by atoms with E-state index >= 15 is 0 Å². The summed E-state index contributed by atoms with van der Waals surface area (Å²) in [7, 11) is -3.64. The van der Waals surface area contributed by atoms with Crippen molar-refractivity contribution < 1.29 is 8.42 Å². The zero-order chi connectivity index (χ0) is 15.9. The normalized spacial score (nSPS) is 12.0. The SMILES string of the molecule is CCc1cc2ccc(Cl)cc2n1S(=O)(=O)c1ccc(C)cc1. The molecule has 0 radical (unpaired) electrons. The largest absolute Gasteiger partial charge is 0.268 e. The zero-order valence-corrected chi connectivity index (χ0v) is 13.9. The summed E-state index contributed by atoms with van der Waals surface area (Å²) in [5.74, 6) is 0. The second kappa shape index (κ2) is 5.45. The number of halogens is 1. The van der Waals surface area contributed by atoms with Gasteiger partial charge in [0.15, 0.2) is 0 Å². The summed E-state index contributed by atoms with van der Waals surface area (Å²) in [5, 5.41) is 1.39. The molecule has 3 rings (SSSR count). The van der Waals surface area contributed by atoms with Gasteiger partial charge in [0.25, 0.3) is 10.0 Å². The van der Waals surface area contributed by atoms with Gasteiger partial charge in [0.05, 0.1) is 10.4 Å².